The van der Waals surface area contributed by atoms with Crippen LogP contribution in [0.25, 0.3) is 0 Å². The van der Waals surface area contributed by atoms with Crippen LogP contribution in [0.1, 0.15) is 21.5 Å². The van der Waals surface area contributed by atoms with Crippen molar-refractivity contribution >= 4 is 17.3 Å². The van der Waals surface area contributed by atoms with Crippen LogP contribution < -0.4 is 5.32 Å². The second-order valence-electron chi connectivity index (χ2n) is 4.50. The van der Waals surface area contributed by atoms with Crippen LogP contribution in [0.4, 0.5) is 15.8 Å². The van der Waals surface area contributed by atoms with E-state index in [9.17, 15) is 9.18 Å². The molecule has 0 saturated carbocycles. The summed E-state index contributed by atoms with van der Waals surface area (Å²) >= 11 is 0. The highest BCUT2D eigenvalue weighted by atomic mass is 19.1. The molecular weight excluding hydrogens is 245 g/mol. The van der Waals surface area contributed by atoms with Gasteiger partial charge < -0.3 is 10.4 Å². The SMILES string of the molecule is Cc1cc(F)cc(Nc2cc(C)ccc2C(=O)O)c1. The van der Waals surface area contributed by atoms with Gasteiger partial charge in [0.1, 0.15) is 5.82 Å². The maximum atomic E-state index is 13.3. The van der Waals surface area contributed by atoms with E-state index in [4.69, 9.17) is 5.11 Å². The molecule has 0 aromatic heterocycles. The largest absolute Gasteiger partial charge is 0.478 e. The molecule has 0 amide bonds. The molecule has 0 atom stereocenters. The van der Waals surface area contributed by atoms with E-state index in [1.54, 1.807) is 25.1 Å². The van der Waals surface area contributed by atoms with Crippen molar-refractivity contribution < 1.29 is 14.3 Å². The predicted octanol–water partition coefficient (Wildman–Crippen LogP) is 3.88. The Morgan fingerprint density at radius 1 is 1.11 bits per heavy atom. The van der Waals surface area contributed by atoms with Crippen LogP contribution in [0.2, 0.25) is 0 Å². The van der Waals surface area contributed by atoms with Crippen molar-refractivity contribution in [2.45, 2.75) is 13.8 Å². The first kappa shape index (κ1) is 13.1. The summed E-state index contributed by atoms with van der Waals surface area (Å²) in [6.45, 7) is 3.65. The van der Waals surface area contributed by atoms with Gasteiger partial charge in [-0.05, 0) is 55.3 Å². The van der Waals surface area contributed by atoms with Crippen molar-refractivity contribution in [3.63, 3.8) is 0 Å². The van der Waals surface area contributed by atoms with Gasteiger partial charge >= 0.3 is 5.97 Å². The first-order chi connectivity index (χ1) is 8.95. The van der Waals surface area contributed by atoms with Crippen LogP contribution in [-0.2, 0) is 0 Å². The molecular formula is C15H14FNO2. The Labute approximate surface area is 110 Å². The smallest absolute Gasteiger partial charge is 0.337 e. The molecule has 2 aromatic carbocycles. The number of carbonyl (C=O) groups is 1. The molecule has 19 heavy (non-hydrogen) atoms. The fourth-order valence-electron chi connectivity index (χ4n) is 1.91. The van der Waals surface area contributed by atoms with Crippen molar-refractivity contribution in [3.8, 4) is 0 Å². The van der Waals surface area contributed by atoms with Crippen LogP contribution in [-0.4, -0.2) is 11.1 Å². The molecule has 4 heteroatoms. The van der Waals surface area contributed by atoms with Crippen molar-refractivity contribution in [2.75, 3.05) is 5.32 Å². The third kappa shape index (κ3) is 3.10. The number of rotatable bonds is 3. The number of carboxylic acid groups (broad SMARTS) is 1. The molecule has 3 nitrogen and oxygen atoms in total. The standard InChI is InChI=1S/C15H14FNO2/c1-9-3-4-13(15(18)19)14(7-9)17-12-6-10(2)5-11(16)8-12/h3-8,17H,1-2H3,(H,18,19). The number of aryl methyl sites for hydroxylation is 2. The zero-order chi connectivity index (χ0) is 14.0. The van der Waals surface area contributed by atoms with E-state index in [0.717, 1.165) is 11.1 Å². The maximum Gasteiger partial charge on any atom is 0.337 e. The quantitative estimate of drug-likeness (QED) is 0.879. The van der Waals surface area contributed by atoms with Crippen LogP contribution in [0, 0.1) is 19.7 Å². The zero-order valence-electron chi connectivity index (χ0n) is 10.7. The normalized spacial score (nSPS) is 10.3. The summed E-state index contributed by atoms with van der Waals surface area (Å²) in [5.74, 6) is -1.37. The lowest BCUT2D eigenvalue weighted by Gasteiger charge is -2.11. The Hall–Kier alpha value is -2.36. The number of anilines is 2. The van der Waals surface area contributed by atoms with E-state index in [2.05, 4.69) is 5.32 Å². The van der Waals surface area contributed by atoms with Crippen molar-refractivity contribution in [2.24, 2.45) is 0 Å². The third-order valence-electron chi connectivity index (χ3n) is 2.73. The van der Waals surface area contributed by atoms with Gasteiger partial charge in [0.25, 0.3) is 0 Å². The fourth-order valence-corrected chi connectivity index (χ4v) is 1.91. The lowest BCUT2D eigenvalue weighted by Crippen LogP contribution is -2.03. The molecule has 0 spiro atoms. The highest BCUT2D eigenvalue weighted by Crippen LogP contribution is 2.24. The van der Waals surface area contributed by atoms with Gasteiger partial charge in [-0.1, -0.05) is 6.07 Å². The van der Waals surface area contributed by atoms with Gasteiger partial charge in [0.05, 0.1) is 11.3 Å². The summed E-state index contributed by atoms with van der Waals surface area (Å²) in [5.41, 5.74) is 2.85. The van der Waals surface area contributed by atoms with Gasteiger partial charge in [0, 0.05) is 5.69 Å². The molecule has 0 radical (unpaired) electrons. The molecule has 98 valence electrons. The first-order valence-corrected chi connectivity index (χ1v) is 5.84. The summed E-state index contributed by atoms with van der Waals surface area (Å²) in [5, 5.41) is 12.1. The average Bonchev–Trinajstić information content (AvgIpc) is 2.26. The number of nitrogens with one attached hydrogen (secondary N) is 1. The number of hydrogen-bond donors (Lipinski definition) is 2. The Morgan fingerprint density at radius 3 is 2.47 bits per heavy atom. The molecule has 2 N–H and O–H groups in total. The molecule has 0 aliphatic heterocycles. The summed E-state index contributed by atoms with van der Waals surface area (Å²) in [7, 11) is 0. The van der Waals surface area contributed by atoms with E-state index >= 15 is 0 Å². The van der Waals surface area contributed by atoms with E-state index in [1.807, 2.05) is 6.92 Å². The Morgan fingerprint density at radius 2 is 1.84 bits per heavy atom. The summed E-state index contributed by atoms with van der Waals surface area (Å²) in [4.78, 5) is 11.1. The number of halogens is 1. The van der Waals surface area contributed by atoms with E-state index < -0.39 is 5.97 Å². The first-order valence-electron chi connectivity index (χ1n) is 5.84. The molecule has 0 saturated heterocycles. The monoisotopic (exact) mass is 259 g/mol. The molecule has 0 heterocycles. The van der Waals surface area contributed by atoms with Gasteiger partial charge in [-0.2, -0.15) is 0 Å². The second kappa shape index (κ2) is 5.10. The highest BCUT2D eigenvalue weighted by Gasteiger charge is 2.10. The van der Waals surface area contributed by atoms with Crippen LogP contribution >= 0.6 is 0 Å². The summed E-state index contributed by atoms with van der Waals surface area (Å²) in [6.07, 6.45) is 0. The number of carboxylic acids is 1. The fraction of sp³-hybridized carbons (Fsp3) is 0.133. The van der Waals surface area contributed by atoms with Gasteiger partial charge in [-0.3, -0.25) is 0 Å². The average molecular weight is 259 g/mol. The molecule has 2 aromatic rings. The highest BCUT2D eigenvalue weighted by molar-refractivity contribution is 5.95. The van der Waals surface area contributed by atoms with Crippen LogP contribution in [0.3, 0.4) is 0 Å². The zero-order valence-corrected chi connectivity index (χ0v) is 10.7. The van der Waals surface area contributed by atoms with Crippen LogP contribution in [0.5, 0.6) is 0 Å². The Kier molecular flexibility index (Phi) is 3.51. The van der Waals surface area contributed by atoms with E-state index in [-0.39, 0.29) is 11.4 Å². The minimum absolute atomic E-state index is 0.160. The topological polar surface area (TPSA) is 49.3 Å². The van der Waals surface area contributed by atoms with Gasteiger partial charge in [0.2, 0.25) is 0 Å². The lowest BCUT2D eigenvalue weighted by molar-refractivity contribution is 0.0698. The van der Waals surface area contributed by atoms with Crippen molar-refractivity contribution in [3.05, 3.63) is 58.9 Å². The molecule has 0 unspecified atom stereocenters. The molecule has 0 bridgehead atoms. The van der Waals surface area contributed by atoms with Gasteiger partial charge in [0.15, 0.2) is 0 Å². The second-order valence-corrected chi connectivity index (χ2v) is 4.50. The summed E-state index contributed by atoms with van der Waals surface area (Å²) < 4.78 is 13.3. The summed E-state index contributed by atoms with van der Waals surface area (Å²) in [6, 6.07) is 9.50. The van der Waals surface area contributed by atoms with E-state index in [0.29, 0.717) is 11.4 Å². The number of hydrogen-bond acceptors (Lipinski definition) is 2. The van der Waals surface area contributed by atoms with Crippen LogP contribution in [0.15, 0.2) is 36.4 Å². The molecule has 0 aliphatic rings. The Bertz CT molecular complexity index is 618. The maximum absolute atomic E-state index is 13.3. The lowest BCUT2D eigenvalue weighted by atomic mass is 10.1. The Balaban J connectivity index is 2.42. The molecule has 0 aliphatic carbocycles. The third-order valence-corrected chi connectivity index (χ3v) is 2.73. The molecule has 0 fully saturated rings. The van der Waals surface area contributed by atoms with Crippen molar-refractivity contribution in [1.29, 1.82) is 0 Å². The predicted molar refractivity (Wildman–Crippen MR) is 72.6 cm³/mol. The minimum atomic E-state index is -1.02. The molecule has 2 rings (SSSR count). The minimum Gasteiger partial charge on any atom is -0.478 e. The van der Waals surface area contributed by atoms with Gasteiger partial charge in [-0.15, -0.1) is 0 Å². The number of benzene rings is 2. The van der Waals surface area contributed by atoms with E-state index in [1.165, 1.54) is 18.2 Å². The van der Waals surface area contributed by atoms with Gasteiger partial charge in [-0.25, -0.2) is 9.18 Å². The van der Waals surface area contributed by atoms with Crippen molar-refractivity contribution in [1.82, 2.24) is 0 Å². The number of aromatic carboxylic acids is 1.